The van der Waals surface area contributed by atoms with Crippen molar-refractivity contribution in [2.24, 2.45) is 0 Å². The summed E-state index contributed by atoms with van der Waals surface area (Å²) in [5, 5.41) is 2.87. The van der Waals surface area contributed by atoms with E-state index in [2.05, 4.69) is 17.4 Å². The van der Waals surface area contributed by atoms with Crippen LogP contribution < -0.4 is 10.1 Å². The first kappa shape index (κ1) is 14.9. The smallest absolute Gasteiger partial charge is 0.244 e. The molecule has 2 rings (SSSR count). The van der Waals surface area contributed by atoms with Gasteiger partial charge >= 0.3 is 0 Å². The summed E-state index contributed by atoms with van der Waals surface area (Å²) >= 11 is 0. The molecule has 0 aromatic heterocycles. The molecule has 2 aromatic rings. The second-order valence-electron chi connectivity index (χ2n) is 4.63. The number of methoxy groups -OCH3 is 1. The second kappa shape index (κ2) is 7.90. The van der Waals surface area contributed by atoms with Gasteiger partial charge in [0.1, 0.15) is 5.75 Å². The molecule has 2 aromatic carbocycles. The molecule has 0 bridgehead atoms. The zero-order chi connectivity index (χ0) is 14.9. The fourth-order valence-corrected chi connectivity index (χ4v) is 1.92. The van der Waals surface area contributed by atoms with Crippen LogP contribution in [0.3, 0.4) is 0 Å². The van der Waals surface area contributed by atoms with E-state index in [9.17, 15) is 4.79 Å². The third-order valence-electron chi connectivity index (χ3n) is 3.10. The maximum atomic E-state index is 11.7. The van der Waals surface area contributed by atoms with E-state index in [0.717, 1.165) is 17.7 Å². The highest BCUT2D eigenvalue weighted by molar-refractivity contribution is 5.91. The van der Waals surface area contributed by atoms with Crippen LogP contribution in [0.4, 0.5) is 0 Å². The molecule has 108 valence electrons. The fourth-order valence-electron chi connectivity index (χ4n) is 1.92. The monoisotopic (exact) mass is 281 g/mol. The molecule has 0 radical (unpaired) electrons. The Morgan fingerprint density at radius 1 is 1.10 bits per heavy atom. The van der Waals surface area contributed by atoms with Crippen LogP contribution >= 0.6 is 0 Å². The molecule has 0 fully saturated rings. The lowest BCUT2D eigenvalue weighted by molar-refractivity contribution is -0.116. The van der Waals surface area contributed by atoms with E-state index < -0.39 is 0 Å². The Kier molecular flexibility index (Phi) is 5.59. The molecule has 3 heteroatoms. The molecule has 21 heavy (non-hydrogen) atoms. The van der Waals surface area contributed by atoms with Crippen molar-refractivity contribution >= 4 is 12.0 Å². The second-order valence-corrected chi connectivity index (χ2v) is 4.63. The van der Waals surface area contributed by atoms with Crippen LogP contribution in [-0.2, 0) is 11.2 Å². The number of amides is 1. The Balaban J connectivity index is 1.77. The van der Waals surface area contributed by atoms with Gasteiger partial charge in [-0.1, -0.05) is 42.5 Å². The van der Waals surface area contributed by atoms with Crippen molar-refractivity contribution in [1.29, 1.82) is 0 Å². The summed E-state index contributed by atoms with van der Waals surface area (Å²) in [6, 6.07) is 17.7. The average Bonchev–Trinajstić information content (AvgIpc) is 2.54. The van der Waals surface area contributed by atoms with E-state index in [4.69, 9.17) is 4.74 Å². The summed E-state index contributed by atoms with van der Waals surface area (Å²) in [7, 11) is 1.63. The molecule has 0 spiro atoms. The predicted octanol–water partition coefficient (Wildman–Crippen LogP) is 3.07. The SMILES string of the molecule is COc1ccc(/C=C/C(=O)NCCc2ccccc2)cc1. The lowest BCUT2D eigenvalue weighted by Crippen LogP contribution is -2.23. The highest BCUT2D eigenvalue weighted by Gasteiger charge is 1.96. The number of hydrogen-bond acceptors (Lipinski definition) is 2. The first-order valence-electron chi connectivity index (χ1n) is 6.92. The molecule has 0 unspecified atom stereocenters. The molecule has 0 aliphatic heterocycles. The molecular weight excluding hydrogens is 262 g/mol. The number of carbonyl (C=O) groups is 1. The highest BCUT2D eigenvalue weighted by Crippen LogP contribution is 2.12. The first-order chi connectivity index (χ1) is 10.3. The summed E-state index contributed by atoms with van der Waals surface area (Å²) in [5.41, 5.74) is 2.19. The van der Waals surface area contributed by atoms with Crippen molar-refractivity contribution in [3.8, 4) is 5.75 Å². The van der Waals surface area contributed by atoms with E-state index in [1.54, 1.807) is 19.3 Å². The summed E-state index contributed by atoms with van der Waals surface area (Å²) in [6.07, 6.45) is 4.17. The van der Waals surface area contributed by atoms with Gasteiger partial charge in [-0.05, 0) is 35.8 Å². The molecule has 1 amide bonds. The van der Waals surface area contributed by atoms with Crippen molar-refractivity contribution in [2.75, 3.05) is 13.7 Å². The van der Waals surface area contributed by atoms with E-state index in [1.807, 2.05) is 42.5 Å². The van der Waals surface area contributed by atoms with E-state index >= 15 is 0 Å². The van der Waals surface area contributed by atoms with Gasteiger partial charge in [-0.25, -0.2) is 0 Å². The lowest BCUT2D eigenvalue weighted by Gasteiger charge is -2.02. The fraction of sp³-hybridized carbons (Fsp3) is 0.167. The summed E-state index contributed by atoms with van der Waals surface area (Å²) in [5.74, 6) is 0.723. The standard InChI is InChI=1S/C18H19NO2/c1-21-17-10-7-16(8-11-17)9-12-18(20)19-14-13-15-5-3-2-4-6-15/h2-12H,13-14H2,1H3,(H,19,20)/b12-9+. The molecule has 3 nitrogen and oxygen atoms in total. The van der Waals surface area contributed by atoms with Crippen molar-refractivity contribution in [3.63, 3.8) is 0 Å². The average molecular weight is 281 g/mol. The maximum Gasteiger partial charge on any atom is 0.244 e. The highest BCUT2D eigenvalue weighted by atomic mass is 16.5. The molecule has 0 saturated heterocycles. The van der Waals surface area contributed by atoms with E-state index in [0.29, 0.717) is 6.54 Å². The van der Waals surface area contributed by atoms with Crippen molar-refractivity contribution < 1.29 is 9.53 Å². The van der Waals surface area contributed by atoms with Gasteiger partial charge in [-0.3, -0.25) is 4.79 Å². The Morgan fingerprint density at radius 3 is 2.48 bits per heavy atom. The van der Waals surface area contributed by atoms with Gasteiger partial charge in [0.05, 0.1) is 7.11 Å². The zero-order valence-electron chi connectivity index (χ0n) is 12.1. The van der Waals surface area contributed by atoms with Crippen LogP contribution in [0.25, 0.3) is 6.08 Å². The van der Waals surface area contributed by atoms with Crippen molar-refractivity contribution in [3.05, 3.63) is 71.8 Å². The van der Waals surface area contributed by atoms with Gasteiger partial charge < -0.3 is 10.1 Å². The molecule has 0 saturated carbocycles. The van der Waals surface area contributed by atoms with Crippen molar-refractivity contribution in [1.82, 2.24) is 5.32 Å². The van der Waals surface area contributed by atoms with Gasteiger partial charge in [0.25, 0.3) is 0 Å². The van der Waals surface area contributed by atoms with Crippen molar-refractivity contribution in [2.45, 2.75) is 6.42 Å². The number of hydrogen-bond donors (Lipinski definition) is 1. The Morgan fingerprint density at radius 2 is 1.81 bits per heavy atom. The van der Waals surface area contributed by atoms with Crippen LogP contribution in [0.5, 0.6) is 5.75 Å². The molecular formula is C18H19NO2. The molecule has 0 aliphatic carbocycles. The third kappa shape index (κ3) is 5.15. The third-order valence-corrected chi connectivity index (χ3v) is 3.10. The number of nitrogens with one attached hydrogen (secondary N) is 1. The predicted molar refractivity (Wildman–Crippen MR) is 85.2 cm³/mol. The van der Waals surface area contributed by atoms with Gasteiger partial charge in [-0.2, -0.15) is 0 Å². The number of rotatable bonds is 6. The summed E-state index contributed by atoms with van der Waals surface area (Å²) < 4.78 is 5.09. The van der Waals surface area contributed by atoms with Crippen LogP contribution in [0.1, 0.15) is 11.1 Å². The molecule has 0 heterocycles. The normalized spacial score (nSPS) is 10.5. The summed E-state index contributed by atoms with van der Waals surface area (Å²) in [6.45, 7) is 0.635. The van der Waals surface area contributed by atoms with Crippen LogP contribution in [-0.4, -0.2) is 19.6 Å². The number of benzene rings is 2. The minimum Gasteiger partial charge on any atom is -0.497 e. The van der Waals surface area contributed by atoms with E-state index in [-0.39, 0.29) is 5.91 Å². The lowest BCUT2D eigenvalue weighted by atomic mass is 10.1. The maximum absolute atomic E-state index is 11.7. The molecule has 0 atom stereocenters. The van der Waals surface area contributed by atoms with E-state index in [1.165, 1.54) is 5.56 Å². The van der Waals surface area contributed by atoms with Crippen LogP contribution in [0, 0.1) is 0 Å². The Labute approximate surface area is 125 Å². The number of ether oxygens (including phenoxy) is 1. The topological polar surface area (TPSA) is 38.3 Å². The van der Waals surface area contributed by atoms with Crippen LogP contribution in [0.15, 0.2) is 60.7 Å². The van der Waals surface area contributed by atoms with Gasteiger partial charge in [0.15, 0.2) is 0 Å². The molecule has 0 aliphatic rings. The van der Waals surface area contributed by atoms with Gasteiger partial charge in [0.2, 0.25) is 5.91 Å². The first-order valence-corrected chi connectivity index (χ1v) is 6.92. The number of carbonyl (C=O) groups excluding carboxylic acids is 1. The molecule has 1 N–H and O–H groups in total. The quantitative estimate of drug-likeness (QED) is 0.826. The Hall–Kier alpha value is -2.55. The minimum atomic E-state index is -0.0817. The largest absolute Gasteiger partial charge is 0.497 e. The Bertz CT molecular complexity index is 588. The summed E-state index contributed by atoms with van der Waals surface area (Å²) in [4.78, 5) is 11.7. The zero-order valence-corrected chi connectivity index (χ0v) is 12.1. The minimum absolute atomic E-state index is 0.0817. The van der Waals surface area contributed by atoms with Crippen LogP contribution in [0.2, 0.25) is 0 Å². The van der Waals surface area contributed by atoms with Gasteiger partial charge in [-0.15, -0.1) is 0 Å². The van der Waals surface area contributed by atoms with Gasteiger partial charge in [0, 0.05) is 12.6 Å².